The molecule has 0 spiro atoms. The topological polar surface area (TPSA) is 72.8 Å². The van der Waals surface area contributed by atoms with E-state index in [0.29, 0.717) is 6.61 Å². The Hall–Kier alpha value is -2.11. The Morgan fingerprint density at radius 3 is 3.06 bits per heavy atom. The van der Waals surface area contributed by atoms with Crippen molar-refractivity contribution in [3.05, 3.63) is 35.9 Å². The summed E-state index contributed by atoms with van der Waals surface area (Å²) in [5.74, 6) is 0. The van der Waals surface area contributed by atoms with Crippen LogP contribution in [0, 0.1) is 6.92 Å². The third-order valence-electron chi connectivity index (χ3n) is 2.28. The molecular formula is C11H14N4O2. The van der Waals surface area contributed by atoms with E-state index < -0.39 is 6.09 Å². The number of aryl methyl sites for hydroxylation is 2. The van der Waals surface area contributed by atoms with Crippen LogP contribution in [0.1, 0.15) is 17.8 Å². The van der Waals surface area contributed by atoms with Gasteiger partial charge in [0.2, 0.25) is 0 Å². The van der Waals surface area contributed by atoms with Crippen molar-refractivity contribution in [2.24, 2.45) is 0 Å². The van der Waals surface area contributed by atoms with Crippen LogP contribution in [0.5, 0.6) is 0 Å². The Balaban J connectivity index is 1.70. The van der Waals surface area contributed by atoms with Gasteiger partial charge in [-0.2, -0.15) is 14.9 Å². The Bertz CT molecular complexity index is 475. The van der Waals surface area contributed by atoms with Gasteiger partial charge in [-0.05, 0) is 31.9 Å². The first-order valence-corrected chi connectivity index (χ1v) is 5.43. The van der Waals surface area contributed by atoms with Crippen LogP contribution in [-0.4, -0.2) is 32.7 Å². The van der Waals surface area contributed by atoms with Crippen molar-refractivity contribution < 1.29 is 9.53 Å². The van der Waals surface area contributed by atoms with Crippen molar-refractivity contribution in [3.63, 3.8) is 0 Å². The molecule has 0 aliphatic rings. The molecule has 17 heavy (non-hydrogen) atoms. The second-order valence-electron chi connectivity index (χ2n) is 3.70. The van der Waals surface area contributed by atoms with Crippen molar-refractivity contribution in [2.75, 3.05) is 6.61 Å². The minimum Gasteiger partial charge on any atom is -0.448 e. The van der Waals surface area contributed by atoms with Gasteiger partial charge in [0.1, 0.15) is 0 Å². The highest BCUT2D eigenvalue weighted by molar-refractivity contribution is 5.69. The first-order chi connectivity index (χ1) is 8.25. The minimum atomic E-state index is -0.442. The number of carbonyl (C=O) groups is 1. The molecule has 0 fully saturated rings. The van der Waals surface area contributed by atoms with Crippen molar-refractivity contribution in [3.8, 4) is 0 Å². The number of H-pyrrole nitrogens is 1. The zero-order valence-electron chi connectivity index (χ0n) is 9.59. The normalized spacial score (nSPS) is 10.4. The fourth-order valence-electron chi connectivity index (χ4n) is 1.43. The zero-order valence-corrected chi connectivity index (χ0v) is 9.59. The molecule has 2 aromatic heterocycles. The summed E-state index contributed by atoms with van der Waals surface area (Å²) in [7, 11) is 0. The van der Waals surface area contributed by atoms with E-state index >= 15 is 0 Å². The molecule has 0 amide bonds. The van der Waals surface area contributed by atoms with E-state index in [1.165, 1.54) is 4.68 Å². The summed E-state index contributed by atoms with van der Waals surface area (Å²) >= 11 is 0. The summed E-state index contributed by atoms with van der Waals surface area (Å²) in [6, 6.07) is 3.66. The van der Waals surface area contributed by atoms with E-state index in [1.54, 1.807) is 18.5 Å². The summed E-state index contributed by atoms with van der Waals surface area (Å²) in [4.78, 5) is 11.5. The second-order valence-corrected chi connectivity index (χ2v) is 3.70. The predicted molar refractivity (Wildman–Crippen MR) is 60.6 cm³/mol. The molecule has 0 bridgehead atoms. The molecule has 0 unspecified atom stereocenters. The molecule has 0 aliphatic carbocycles. The lowest BCUT2D eigenvalue weighted by Gasteiger charge is -2.03. The maximum absolute atomic E-state index is 11.5. The highest BCUT2D eigenvalue weighted by Crippen LogP contribution is 1.99. The lowest BCUT2D eigenvalue weighted by molar-refractivity contribution is 0.143. The van der Waals surface area contributed by atoms with Crippen LogP contribution in [0.2, 0.25) is 0 Å². The molecule has 2 rings (SSSR count). The minimum absolute atomic E-state index is 0.372. The first-order valence-electron chi connectivity index (χ1n) is 5.43. The Kier molecular flexibility index (Phi) is 3.54. The van der Waals surface area contributed by atoms with E-state index in [9.17, 15) is 4.79 Å². The van der Waals surface area contributed by atoms with Gasteiger partial charge in [0.05, 0.1) is 12.3 Å². The SMILES string of the molecule is Cc1ccn(C(=O)OCCCc2ccn[nH]2)n1. The Labute approximate surface area is 98.6 Å². The average Bonchev–Trinajstić information content (AvgIpc) is 2.95. The van der Waals surface area contributed by atoms with Gasteiger partial charge in [-0.15, -0.1) is 0 Å². The molecular weight excluding hydrogens is 220 g/mol. The van der Waals surface area contributed by atoms with E-state index in [0.717, 1.165) is 24.2 Å². The number of aromatic nitrogens is 4. The zero-order chi connectivity index (χ0) is 12.1. The molecule has 6 nitrogen and oxygen atoms in total. The summed E-state index contributed by atoms with van der Waals surface area (Å²) < 4.78 is 6.27. The van der Waals surface area contributed by atoms with Crippen LogP contribution < -0.4 is 0 Å². The van der Waals surface area contributed by atoms with Gasteiger partial charge in [0.25, 0.3) is 0 Å². The van der Waals surface area contributed by atoms with Crippen LogP contribution in [-0.2, 0) is 11.2 Å². The highest BCUT2D eigenvalue weighted by Gasteiger charge is 2.06. The molecule has 0 saturated carbocycles. The number of carbonyl (C=O) groups excluding carboxylic acids is 1. The number of hydrogen-bond donors (Lipinski definition) is 1. The summed E-state index contributed by atoms with van der Waals surface area (Å²) in [6.07, 6.45) is 4.42. The molecule has 6 heteroatoms. The molecule has 0 radical (unpaired) electrons. The number of nitrogens with zero attached hydrogens (tertiary/aromatic N) is 3. The largest absolute Gasteiger partial charge is 0.448 e. The van der Waals surface area contributed by atoms with Crippen molar-refractivity contribution in [2.45, 2.75) is 19.8 Å². The smallest absolute Gasteiger partial charge is 0.434 e. The third-order valence-corrected chi connectivity index (χ3v) is 2.28. The number of rotatable bonds is 4. The number of aromatic amines is 1. The first kappa shape index (κ1) is 11.4. The van der Waals surface area contributed by atoms with Gasteiger partial charge >= 0.3 is 6.09 Å². The predicted octanol–water partition coefficient (Wildman–Crippen LogP) is 1.53. The molecule has 0 atom stereocenters. The summed E-state index contributed by atoms with van der Waals surface area (Å²) in [5.41, 5.74) is 1.83. The monoisotopic (exact) mass is 234 g/mol. The van der Waals surface area contributed by atoms with Crippen LogP contribution in [0.4, 0.5) is 4.79 Å². The van der Waals surface area contributed by atoms with Gasteiger partial charge in [0.15, 0.2) is 0 Å². The van der Waals surface area contributed by atoms with Gasteiger partial charge in [-0.1, -0.05) is 0 Å². The lowest BCUT2D eigenvalue weighted by atomic mass is 10.2. The third kappa shape index (κ3) is 3.17. The van der Waals surface area contributed by atoms with Gasteiger partial charge in [-0.25, -0.2) is 4.79 Å². The fraction of sp³-hybridized carbons (Fsp3) is 0.364. The van der Waals surface area contributed by atoms with Crippen LogP contribution in [0.3, 0.4) is 0 Å². The van der Waals surface area contributed by atoms with E-state index in [4.69, 9.17) is 4.74 Å². The van der Waals surface area contributed by atoms with Gasteiger partial charge in [0, 0.05) is 18.1 Å². The van der Waals surface area contributed by atoms with Gasteiger partial charge in [-0.3, -0.25) is 5.10 Å². The maximum atomic E-state index is 11.5. The van der Waals surface area contributed by atoms with E-state index in [1.807, 2.05) is 13.0 Å². The Morgan fingerprint density at radius 1 is 1.53 bits per heavy atom. The fourth-order valence-corrected chi connectivity index (χ4v) is 1.43. The molecule has 90 valence electrons. The number of hydrogen-bond acceptors (Lipinski definition) is 4. The van der Waals surface area contributed by atoms with E-state index in [2.05, 4.69) is 15.3 Å². The maximum Gasteiger partial charge on any atom is 0.434 e. The van der Waals surface area contributed by atoms with Crippen LogP contribution in [0.15, 0.2) is 24.5 Å². The van der Waals surface area contributed by atoms with Crippen LogP contribution >= 0.6 is 0 Å². The van der Waals surface area contributed by atoms with Gasteiger partial charge < -0.3 is 4.74 Å². The summed E-state index contributed by atoms with van der Waals surface area (Å²) in [6.45, 7) is 2.19. The standard InChI is InChI=1S/C11H14N4O2/c1-9-5-7-15(14-9)11(16)17-8-2-3-10-4-6-12-13-10/h4-7H,2-3,8H2,1H3,(H,12,13). The van der Waals surface area contributed by atoms with Crippen molar-refractivity contribution >= 4 is 6.09 Å². The number of ether oxygens (including phenoxy) is 1. The molecule has 1 N–H and O–H groups in total. The van der Waals surface area contributed by atoms with Crippen LogP contribution in [0.25, 0.3) is 0 Å². The highest BCUT2D eigenvalue weighted by atomic mass is 16.6. The molecule has 2 heterocycles. The van der Waals surface area contributed by atoms with Crippen molar-refractivity contribution in [1.29, 1.82) is 0 Å². The van der Waals surface area contributed by atoms with Crippen molar-refractivity contribution in [1.82, 2.24) is 20.0 Å². The molecule has 0 aromatic carbocycles. The second kappa shape index (κ2) is 5.29. The lowest BCUT2D eigenvalue weighted by Crippen LogP contribution is -2.15. The quantitative estimate of drug-likeness (QED) is 0.814. The Morgan fingerprint density at radius 2 is 2.41 bits per heavy atom. The van der Waals surface area contributed by atoms with E-state index in [-0.39, 0.29) is 0 Å². The molecule has 2 aromatic rings. The summed E-state index contributed by atoms with van der Waals surface area (Å²) in [5, 5.41) is 10.7. The molecule has 0 saturated heterocycles. The molecule has 0 aliphatic heterocycles. The number of nitrogens with one attached hydrogen (secondary N) is 1. The average molecular weight is 234 g/mol.